The number of fused-ring (bicyclic) bond motifs is 1. The van der Waals surface area contributed by atoms with Gasteiger partial charge in [0.15, 0.2) is 17.3 Å². The van der Waals surface area contributed by atoms with E-state index in [4.69, 9.17) is 22.1 Å². The molecule has 0 saturated heterocycles. The third kappa shape index (κ3) is 2.99. The molecule has 0 unspecified atom stereocenters. The Balaban J connectivity index is 2.04. The molecule has 0 fully saturated rings. The van der Waals surface area contributed by atoms with E-state index in [9.17, 15) is 17.6 Å². The number of nitrogens with two attached hydrogens (primary N) is 1. The number of halogens is 5. The topological polar surface area (TPSA) is 57.4 Å². The maximum absolute atomic E-state index is 14.0. The fourth-order valence-electron chi connectivity index (χ4n) is 2.58. The van der Waals surface area contributed by atoms with Gasteiger partial charge in [0.1, 0.15) is 5.69 Å². The Hall–Kier alpha value is -2.06. The van der Waals surface area contributed by atoms with Crippen LogP contribution in [0.2, 0.25) is 5.02 Å². The summed E-state index contributed by atoms with van der Waals surface area (Å²) >= 11 is 6.05. The summed E-state index contributed by atoms with van der Waals surface area (Å²) in [5.41, 5.74) is 5.68. The number of hydrogen-bond donors (Lipinski definition) is 1. The molecule has 1 aromatic heterocycles. The van der Waals surface area contributed by atoms with Crippen LogP contribution in [0.3, 0.4) is 0 Å². The molecule has 128 valence electrons. The maximum atomic E-state index is 14.0. The molecule has 0 bridgehead atoms. The van der Waals surface area contributed by atoms with Crippen molar-refractivity contribution in [2.75, 3.05) is 6.61 Å². The Morgan fingerprint density at radius 1 is 1.29 bits per heavy atom. The van der Waals surface area contributed by atoms with Crippen molar-refractivity contribution in [2.45, 2.75) is 18.3 Å². The number of benzene rings is 1. The number of aromatic nitrogens is 1. The Bertz CT molecular complexity index is 785. The lowest BCUT2D eigenvalue weighted by molar-refractivity contribution is -0.275. The largest absolute Gasteiger partial charge is 0.573 e. The highest BCUT2D eigenvalue weighted by Gasteiger charge is 2.39. The molecule has 0 radical (unpaired) electrons. The van der Waals surface area contributed by atoms with Gasteiger partial charge >= 0.3 is 6.36 Å². The Kier molecular flexibility index (Phi) is 4.05. The van der Waals surface area contributed by atoms with E-state index in [1.807, 2.05) is 0 Å². The summed E-state index contributed by atoms with van der Waals surface area (Å²) in [6.45, 7) is 0.206. The van der Waals surface area contributed by atoms with Crippen molar-refractivity contribution < 1.29 is 27.0 Å². The molecule has 0 aliphatic carbocycles. The van der Waals surface area contributed by atoms with Crippen molar-refractivity contribution in [3.63, 3.8) is 0 Å². The Morgan fingerprint density at radius 3 is 2.71 bits per heavy atom. The van der Waals surface area contributed by atoms with Gasteiger partial charge in [-0.15, -0.1) is 13.2 Å². The highest BCUT2D eigenvalue weighted by Crippen LogP contribution is 2.42. The van der Waals surface area contributed by atoms with E-state index < -0.39 is 23.5 Å². The van der Waals surface area contributed by atoms with Crippen LogP contribution in [0, 0.1) is 5.82 Å². The molecule has 2 N–H and O–H groups in total. The number of nitrogens with zero attached hydrogens (tertiary/aromatic N) is 1. The Labute approximate surface area is 139 Å². The quantitative estimate of drug-likeness (QED) is 0.826. The summed E-state index contributed by atoms with van der Waals surface area (Å²) in [6, 6.07) is 4.57. The van der Waals surface area contributed by atoms with Crippen LogP contribution in [0.1, 0.15) is 17.7 Å². The zero-order valence-corrected chi connectivity index (χ0v) is 12.8. The summed E-state index contributed by atoms with van der Waals surface area (Å²) in [5, 5.41) is 0.298. The Morgan fingerprint density at radius 2 is 2.04 bits per heavy atom. The fraction of sp³-hybridized carbons (Fsp3) is 0.267. The van der Waals surface area contributed by atoms with E-state index in [1.165, 1.54) is 18.3 Å². The second kappa shape index (κ2) is 5.78. The zero-order valence-electron chi connectivity index (χ0n) is 12.0. The lowest BCUT2D eigenvalue weighted by atomic mass is 9.82. The van der Waals surface area contributed by atoms with Crippen molar-refractivity contribution in [1.29, 1.82) is 0 Å². The van der Waals surface area contributed by atoms with Gasteiger partial charge in [0.05, 0.1) is 17.2 Å². The van der Waals surface area contributed by atoms with E-state index in [0.29, 0.717) is 10.7 Å². The smallest absolute Gasteiger partial charge is 0.490 e. The molecule has 24 heavy (non-hydrogen) atoms. The van der Waals surface area contributed by atoms with Gasteiger partial charge in [-0.2, -0.15) is 0 Å². The van der Waals surface area contributed by atoms with Gasteiger partial charge in [0.2, 0.25) is 0 Å². The molecule has 0 amide bonds. The first kappa shape index (κ1) is 16.8. The summed E-state index contributed by atoms with van der Waals surface area (Å²) in [6.07, 6.45) is -3.30. The molecule has 2 aromatic rings. The second-order valence-electron chi connectivity index (χ2n) is 5.23. The van der Waals surface area contributed by atoms with E-state index in [1.54, 1.807) is 0 Å². The molecule has 9 heteroatoms. The lowest BCUT2D eigenvalue weighted by Crippen LogP contribution is -2.43. The summed E-state index contributed by atoms with van der Waals surface area (Å²) in [4.78, 5) is 4.15. The average Bonchev–Trinajstić information content (AvgIpc) is 2.49. The van der Waals surface area contributed by atoms with Crippen LogP contribution in [0.25, 0.3) is 0 Å². The predicted octanol–water partition coefficient (Wildman–Crippen LogP) is 3.76. The standard InChI is InChI=1S/C15H11ClF4N2O2/c16-9-3-5-22-13-12(9)23-6-4-14(13,21)8-1-2-11(10(17)7-8)24-15(18,19)20/h1-3,5,7H,4,6,21H2/t14-/m0/s1. The third-order valence-electron chi connectivity index (χ3n) is 3.69. The van der Waals surface area contributed by atoms with Gasteiger partial charge in [-0.1, -0.05) is 17.7 Å². The van der Waals surface area contributed by atoms with Crippen LogP contribution in [0.15, 0.2) is 30.5 Å². The molecule has 0 spiro atoms. The molecule has 1 aliphatic heterocycles. The molecule has 3 rings (SSSR count). The van der Waals surface area contributed by atoms with Crippen molar-refractivity contribution in [1.82, 2.24) is 4.98 Å². The number of alkyl halides is 3. The van der Waals surface area contributed by atoms with Gasteiger partial charge in [-0.3, -0.25) is 4.98 Å². The van der Waals surface area contributed by atoms with Gasteiger partial charge in [0, 0.05) is 12.6 Å². The zero-order chi connectivity index (χ0) is 17.5. The summed E-state index contributed by atoms with van der Waals surface area (Å²) in [5.74, 6) is -1.82. The number of ether oxygens (including phenoxy) is 2. The van der Waals surface area contributed by atoms with Crippen LogP contribution in [0.4, 0.5) is 17.6 Å². The van der Waals surface area contributed by atoms with E-state index >= 15 is 0 Å². The highest BCUT2D eigenvalue weighted by atomic mass is 35.5. The minimum atomic E-state index is -4.98. The van der Waals surface area contributed by atoms with Crippen LogP contribution in [-0.2, 0) is 5.54 Å². The van der Waals surface area contributed by atoms with Crippen molar-refractivity contribution in [3.8, 4) is 11.5 Å². The normalized spacial score (nSPS) is 20.2. The number of rotatable bonds is 2. The van der Waals surface area contributed by atoms with Gasteiger partial charge in [-0.25, -0.2) is 4.39 Å². The third-order valence-corrected chi connectivity index (χ3v) is 3.99. The van der Waals surface area contributed by atoms with Crippen molar-refractivity contribution >= 4 is 11.6 Å². The minimum absolute atomic E-state index is 0.206. The summed E-state index contributed by atoms with van der Waals surface area (Å²) < 4.78 is 59.8. The molecular weight excluding hydrogens is 352 g/mol. The van der Waals surface area contributed by atoms with Crippen LogP contribution in [0.5, 0.6) is 11.5 Å². The molecule has 1 atom stereocenters. The van der Waals surface area contributed by atoms with E-state index in [2.05, 4.69) is 9.72 Å². The molecule has 1 aliphatic rings. The van der Waals surface area contributed by atoms with Crippen LogP contribution >= 0.6 is 11.6 Å². The van der Waals surface area contributed by atoms with Crippen LogP contribution < -0.4 is 15.2 Å². The van der Waals surface area contributed by atoms with Crippen LogP contribution in [-0.4, -0.2) is 18.0 Å². The lowest BCUT2D eigenvalue weighted by Gasteiger charge is -2.35. The molecular formula is C15H11ClF4N2O2. The molecule has 0 saturated carbocycles. The maximum Gasteiger partial charge on any atom is 0.573 e. The second-order valence-corrected chi connectivity index (χ2v) is 5.64. The molecule has 4 nitrogen and oxygen atoms in total. The van der Waals surface area contributed by atoms with E-state index in [-0.39, 0.29) is 24.3 Å². The number of pyridine rings is 1. The molecule has 1 aromatic carbocycles. The first-order valence-electron chi connectivity index (χ1n) is 6.83. The summed E-state index contributed by atoms with van der Waals surface area (Å²) in [7, 11) is 0. The van der Waals surface area contributed by atoms with Gasteiger partial charge in [-0.05, 0) is 23.8 Å². The first-order valence-corrected chi connectivity index (χ1v) is 7.21. The SMILES string of the molecule is N[C@]1(c2ccc(OC(F)(F)F)c(F)c2)CCOc2c(Cl)ccnc21. The van der Waals surface area contributed by atoms with Gasteiger partial charge in [0.25, 0.3) is 0 Å². The average molecular weight is 363 g/mol. The molecule has 2 heterocycles. The van der Waals surface area contributed by atoms with Crippen molar-refractivity contribution in [2.24, 2.45) is 5.73 Å². The first-order chi connectivity index (χ1) is 11.2. The monoisotopic (exact) mass is 362 g/mol. The van der Waals surface area contributed by atoms with Crippen molar-refractivity contribution in [3.05, 3.63) is 52.6 Å². The predicted molar refractivity (Wildman–Crippen MR) is 77.4 cm³/mol. The highest BCUT2D eigenvalue weighted by molar-refractivity contribution is 6.32. The van der Waals surface area contributed by atoms with E-state index in [0.717, 1.165) is 12.1 Å². The number of hydrogen-bond acceptors (Lipinski definition) is 4. The van der Waals surface area contributed by atoms with Gasteiger partial charge < -0.3 is 15.2 Å². The minimum Gasteiger partial charge on any atom is -0.490 e. The fourth-order valence-corrected chi connectivity index (χ4v) is 2.78.